The Labute approximate surface area is 296 Å². The van der Waals surface area contributed by atoms with E-state index in [1.165, 1.54) is 53.2 Å². The number of carboxylic acids is 1. The molecule has 280 valence electrons. The second-order valence-corrected chi connectivity index (χ2v) is 11.9. The van der Waals surface area contributed by atoms with Crippen LogP contribution in [0.15, 0.2) is 36.4 Å². The summed E-state index contributed by atoms with van der Waals surface area (Å²) in [6.45, 7) is 4.95. The summed E-state index contributed by atoms with van der Waals surface area (Å²) in [7, 11) is 2.80. The van der Waals surface area contributed by atoms with Gasteiger partial charge in [0.05, 0.1) is 26.4 Å². The van der Waals surface area contributed by atoms with E-state index in [-0.39, 0.29) is 45.1 Å². The van der Waals surface area contributed by atoms with E-state index in [1.54, 1.807) is 13.0 Å². The topological polar surface area (TPSA) is 257 Å². The number of rotatable bonds is 12. The van der Waals surface area contributed by atoms with Gasteiger partial charge in [0.25, 0.3) is 5.91 Å². The van der Waals surface area contributed by atoms with Gasteiger partial charge in [-0.25, -0.2) is 9.59 Å². The van der Waals surface area contributed by atoms with Crippen molar-refractivity contribution in [3.05, 3.63) is 69.8 Å². The molecule has 17 nitrogen and oxygen atoms in total. The molecule has 3 aromatic carbocycles. The van der Waals surface area contributed by atoms with Crippen molar-refractivity contribution in [2.45, 2.75) is 64.4 Å². The van der Waals surface area contributed by atoms with E-state index >= 15 is 0 Å². The van der Waals surface area contributed by atoms with Gasteiger partial charge in [0.2, 0.25) is 6.29 Å². The van der Waals surface area contributed by atoms with Crippen molar-refractivity contribution >= 4 is 23.8 Å². The number of hydrogen-bond donors (Lipinski definition) is 7. The number of methoxy groups -OCH3 is 2. The molecule has 0 saturated carbocycles. The van der Waals surface area contributed by atoms with Gasteiger partial charge in [0, 0.05) is 18.2 Å². The summed E-state index contributed by atoms with van der Waals surface area (Å²) in [6, 6.07) is 6.42. The first-order chi connectivity index (χ1) is 24.5. The Morgan fingerprint density at radius 2 is 1.27 bits per heavy atom. The fraction of sp³-hybridized carbons (Fsp3) is 0.371. The van der Waals surface area contributed by atoms with Crippen molar-refractivity contribution in [3.63, 3.8) is 0 Å². The molecule has 0 radical (unpaired) electrons. The monoisotopic (exact) mass is 729 g/mol. The molecule has 0 spiro atoms. The number of benzene rings is 3. The third-order valence-corrected chi connectivity index (χ3v) is 8.16. The number of phenolic OH excluding ortho intramolecular Hbond substituents is 1. The number of carbonyl (C=O) groups excluding carboxylic acids is 3. The summed E-state index contributed by atoms with van der Waals surface area (Å²) in [5, 5.41) is 62.9. The van der Waals surface area contributed by atoms with Crippen molar-refractivity contribution in [1.82, 2.24) is 5.32 Å². The smallest absolute Gasteiger partial charge is 0.347 e. The summed E-state index contributed by atoms with van der Waals surface area (Å²) < 4.78 is 33.1. The van der Waals surface area contributed by atoms with Crippen LogP contribution in [-0.2, 0) is 9.53 Å². The SMILES string of the molecule is COc1cc(C)c(C(=O)Oc2cc(C)c(C(=O)Oc3cc(C)c(C(=O)N[C@@H](C)C(=O)O)c(O)c3)c(O[C@@H]3O[C@H](CO)[C@@H](O)[C@H](O)[C@H]3O)c2)c(OC)c1. The van der Waals surface area contributed by atoms with Crippen LogP contribution in [-0.4, -0.2) is 112 Å². The summed E-state index contributed by atoms with van der Waals surface area (Å²) in [5.41, 5.74) is 0.182. The Balaban J connectivity index is 1.73. The van der Waals surface area contributed by atoms with E-state index in [9.17, 15) is 44.7 Å². The molecule has 17 heteroatoms. The number of aryl methyl sites for hydroxylation is 3. The molecule has 1 aliphatic rings. The quantitative estimate of drug-likeness (QED) is 0.102. The van der Waals surface area contributed by atoms with Crippen LogP contribution < -0.4 is 29.0 Å². The zero-order valence-corrected chi connectivity index (χ0v) is 28.9. The lowest BCUT2D eigenvalue weighted by molar-refractivity contribution is -0.277. The molecule has 6 atom stereocenters. The second kappa shape index (κ2) is 16.3. The van der Waals surface area contributed by atoms with Crippen LogP contribution in [0.4, 0.5) is 0 Å². The Morgan fingerprint density at radius 3 is 1.79 bits per heavy atom. The fourth-order valence-electron chi connectivity index (χ4n) is 5.43. The number of amides is 1. The summed E-state index contributed by atoms with van der Waals surface area (Å²) in [6.07, 6.45) is -8.57. The Morgan fingerprint density at radius 1 is 0.750 bits per heavy atom. The second-order valence-electron chi connectivity index (χ2n) is 11.9. The molecule has 1 amide bonds. The van der Waals surface area contributed by atoms with Gasteiger partial charge in [-0.1, -0.05) is 0 Å². The largest absolute Gasteiger partial charge is 0.507 e. The van der Waals surface area contributed by atoms with Crippen LogP contribution in [0.1, 0.15) is 54.7 Å². The lowest BCUT2D eigenvalue weighted by Crippen LogP contribution is -2.60. The molecule has 0 aromatic heterocycles. The minimum absolute atomic E-state index is 0.0607. The van der Waals surface area contributed by atoms with E-state index in [0.29, 0.717) is 11.3 Å². The number of hydrogen-bond acceptors (Lipinski definition) is 15. The maximum atomic E-state index is 13.7. The van der Waals surface area contributed by atoms with Gasteiger partial charge < -0.3 is 64.4 Å². The van der Waals surface area contributed by atoms with Crippen LogP contribution >= 0.6 is 0 Å². The van der Waals surface area contributed by atoms with Crippen LogP contribution in [0, 0.1) is 20.8 Å². The van der Waals surface area contributed by atoms with Crippen LogP contribution in [0.2, 0.25) is 0 Å². The molecular formula is C35H39NO16. The molecule has 0 unspecified atom stereocenters. The molecule has 52 heavy (non-hydrogen) atoms. The summed E-state index contributed by atoms with van der Waals surface area (Å²) in [4.78, 5) is 51.0. The molecule has 1 saturated heterocycles. The molecule has 7 N–H and O–H groups in total. The van der Waals surface area contributed by atoms with Crippen LogP contribution in [0.25, 0.3) is 0 Å². The van der Waals surface area contributed by atoms with Gasteiger partial charge in [-0.15, -0.1) is 0 Å². The number of aliphatic carboxylic acids is 1. The maximum Gasteiger partial charge on any atom is 0.347 e. The Bertz CT molecular complexity index is 1830. The molecule has 0 bridgehead atoms. The summed E-state index contributed by atoms with van der Waals surface area (Å²) in [5.74, 6) is -4.99. The zero-order chi connectivity index (χ0) is 38.6. The van der Waals surface area contributed by atoms with E-state index in [2.05, 4.69) is 5.32 Å². The number of carbonyl (C=O) groups is 4. The minimum atomic E-state index is -1.89. The highest BCUT2D eigenvalue weighted by Crippen LogP contribution is 2.36. The third-order valence-electron chi connectivity index (χ3n) is 8.16. The van der Waals surface area contributed by atoms with Gasteiger partial charge in [-0.05, 0) is 62.6 Å². The minimum Gasteiger partial charge on any atom is -0.507 e. The van der Waals surface area contributed by atoms with E-state index in [0.717, 1.165) is 12.1 Å². The average molecular weight is 730 g/mol. The van der Waals surface area contributed by atoms with Crippen LogP contribution in [0.3, 0.4) is 0 Å². The molecule has 1 aliphatic heterocycles. The van der Waals surface area contributed by atoms with Crippen molar-refractivity contribution in [2.24, 2.45) is 0 Å². The van der Waals surface area contributed by atoms with Gasteiger partial charge in [-0.2, -0.15) is 0 Å². The van der Waals surface area contributed by atoms with Gasteiger partial charge in [-0.3, -0.25) is 9.59 Å². The van der Waals surface area contributed by atoms with E-state index in [1.807, 2.05) is 0 Å². The Hall–Kier alpha value is -5.46. The first kappa shape index (κ1) is 39.3. The maximum absolute atomic E-state index is 13.7. The average Bonchev–Trinajstić information content (AvgIpc) is 3.07. The standard InChI is InChI=1S/C35H39NO16/c1-14-8-19(10-21(38)25(14)31(42)36-17(4)32(43)44)49-34(46)27-16(3)9-20(50-33(45)26-15(2)7-18(47-5)11-22(26)48-6)12-23(27)51-35-30(41)29(40)28(39)24(13-37)52-35/h7-12,17,24,28-30,35,37-41H,13H2,1-6H3,(H,36,42)(H,43,44)/t17-,24+,28+,29-,30+,35+/m0/s1. The number of carboxylic acid groups (broad SMARTS) is 1. The zero-order valence-electron chi connectivity index (χ0n) is 28.9. The number of esters is 2. The third kappa shape index (κ3) is 8.35. The predicted molar refractivity (Wildman–Crippen MR) is 177 cm³/mol. The van der Waals surface area contributed by atoms with Gasteiger partial charge in [0.15, 0.2) is 0 Å². The van der Waals surface area contributed by atoms with E-state index < -0.39 is 78.7 Å². The van der Waals surface area contributed by atoms with E-state index in [4.69, 9.17) is 33.5 Å². The number of ether oxygens (including phenoxy) is 6. The number of aliphatic hydroxyl groups is 4. The Kier molecular flexibility index (Phi) is 12.3. The highest BCUT2D eigenvalue weighted by Gasteiger charge is 2.45. The highest BCUT2D eigenvalue weighted by molar-refractivity contribution is 6.01. The molecule has 0 aliphatic carbocycles. The van der Waals surface area contributed by atoms with Crippen LogP contribution in [0.5, 0.6) is 34.5 Å². The van der Waals surface area contributed by atoms with Gasteiger partial charge >= 0.3 is 17.9 Å². The molecule has 3 aromatic rings. The lowest BCUT2D eigenvalue weighted by Gasteiger charge is -2.39. The predicted octanol–water partition coefficient (Wildman–Crippen LogP) is 1.15. The molecule has 1 heterocycles. The van der Waals surface area contributed by atoms with Crippen molar-refractivity contribution in [3.8, 4) is 34.5 Å². The van der Waals surface area contributed by atoms with Crippen molar-refractivity contribution in [2.75, 3.05) is 20.8 Å². The molecule has 1 fully saturated rings. The van der Waals surface area contributed by atoms with Crippen molar-refractivity contribution < 1.29 is 78.2 Å². The first-order valence-electron chi connectivity index (χ1n) is 15.7. The fourth-order valence-corrected chi connectivity index (χ4v) is 5.43. The number of phenols is 1. The summed E-state index contributed by atoms with van der Waals surface area (Å²) >= 11 is 0. The number of aromatic hydroxyl groups is 1. The molecular weight excluding hydrogens is 690 g/mol. The lowest BCUT2D eigenvalue weighted by atomic mass is 9.99. The first-order valence-corrected chi connectivity index (χ1v) is 15.7. The molecule has 4 rings (SSSR count). The number of nitrogens with one attached hydrogen (secondary N) is 1. The van der Waals surface area contributed by atoms with Gasteiger partial charge in [0.1, 0.15) is 76.1 Å². The number of aliphatic hydroxyl groups excluding tert-OH is 4. The highest BCUT2D eigenvalue weighted by atomic mass is 16.7. The van der Waals surface area contributed by atoms with Crippen molar-refractivity contribution in [1.29, 1.82) is 0 Å². The normalized spacial score (nSPS) is 20.3.